The van der Waals surface area contributed by atoms with E-state index in [1.54, 1.807) is 24.7 Å². The summed E-state index contributed by atoms with van der Waals surface area (Å²) in [4.78, 5) is 8.85. The van der Waals surface area contributed by atoms with Gasteiger partial charge in [0.25, 0.3) is 0 Å². The Morgan fingerprint density at radius 2 is 1.95 bits per heavy atom. The van der Waals surface area contributed by atoms with Crippen molar-refractivity contribution >= 4 is 5.84 Å². The molecule has 1 atom stereocenters. The van der Waals surface area contributed by atoms with Crippen LogP contribution in [-0.4, -0.2) is 17.4 Å². The fraction of sp³-hybridized carbons (Fsp3) is 0.125. The first-order chi connectivity index (χ1) is 10.3. The molecular weight excluding hydrogens is 266 g/mol. The lowest BCUT2D eigenvalue weighted by Gasteiger charge is -2.35. The van der Waals surface area contributed by atoms with E-state index >= 15 is 0 Å². The van der Waals surface area contributed by atoms with Crippen LogP contribution < -0.4 is 10.5 Å². The summed E-state index contributed by atoms with van der Waals surface area (Å²) in [6, 6.07) is 9.69. The van der Waals surface area contributed by atoms with E-state index in [1.807, 2.05) is 30.3 Å². The van der Waals surface area contributed by atoms with Crippen LogP contribution in [0.3, 0.4) is 0 Å². The summed E-state index contributed by atoms with van der Waals surface area (Å²) in [7, 11) is 0. The molecule has 0 aliphatic carbocycles. The maximum Gasteiger partial charge on any atom is 0.154 e. The van der Waals surface area contributed by atoms with Gasteiger partial charge >= 0.3 is 0 Å². The van der Waals surface area contributed by atoms with E-state index in [2.05, 4.69) is 4.98 Å². The molecule has 1 aromatic carbocycles. The van der Waals surface area contributed by atoms with Crippen molar-refractivity contribution in [1.29, 1.82) is 0 Å². The van der Waals surface area contributed by atoms with E-state index < -0.39 is 5.54 Å². The number of fused-ring (bicyclic) bond motifs is 4. The van der Waals surface area contributed by atoms with Crippen molar-refractivity contribution in [2.45, 2.75) is 5.54 Å². The molecule has 0 saturated heterocycles. The largest absolute Gasteiger partial charge is 0.498 e. The molecule has 2 aliphatic heterocycles. The average Bonchev–Trinajstić information content (AvgIpc) is 2.70. The van der Waals surface area contributed by atoms with Crippen LogP contribution in [-0.2, 0) is 10.3 Å². The highest BCUT2D eigenvalue weighted by molar-refractivity contribution is 5.92. The van der Waals surface area contributed by atoms with E-state index in [-0.39, 0.29) is 0 Å². The lowest BCUT2D eigenvalue weighted by Crippen LogP contribution is -2.35. The SMILES string of the molecule is NC1=NC2(COC=C1)c1ccccc1Oc1cnccc12. The first-order valence-electron chi connectivity index (χ1n) is 6.65. The fourth-order valence-electron chi connectivity index (χ4n) is 2.82. The van der Waals surface area contributed by atoms with Crippen molar-refractivity contribution in [3.8, 4) is 11.5 Å². The second-order valence-electron chi connectivity index (χ2n) is 4.98. The second-order valence-corrected chi connectivity index (χ2v) is 4.98. The predicted molar refractivity (Wildman–Crippen MR) is 78.2 cm³/mol. The third kappa shape index (κ3) is 1.71. The maximum atomic E-state index is 5.98. The average molecular weight is 279 g/mol. The summed E-state index contributed by atoms with van der Waals surface area (Å²) >= 11 is 0. The summed E-state index contributed by atoms with van der Waals surface area (Å²) in [5, 5.41) is 0. The molecule has 0 bridgehead atoms. The van der Waals surface area contributed by atoms with Crippen LogP contribution in [0.5, 0.6) is 11.5 Å². The fourth-order valence-corrected chi connectivity index (χ4v) is 2.82. The van der Waals surface area contributed by atoms with Crippen LogP contribution in [0.4, 0.5) is 0 Å². The zero-order chi connectivity index (χ0) is 14.3. The number of hydrogen-bond donors (Lipinski definition) is 1. The molecule has 2 aliphatic rings. The van der Waals surface area contributed by atoms with Gasteiger partial charge in [-0.2, -0.15) is 0 Å². The number of hydrogen-bond acceptors (Lipinski definition) is 5. The molecule has 21 heavy (non-hydrogen) atoms. The lowest BCUT2D eigenvalue weighted by atomic mass is 9.81. The number of ether oxygens (including phenoxy) is 2. The Morgan fingerprint density at radius 1 is 1.10 bits per heavy atom. The minimum atomic E-state index is -0.708. The first-order valence-corrected chi connectivity index (χ1v) is 6.65. The maximum absolute atomic E-state index is 5.98. The Balaban J connectivity index is 2.04. The van der Waals surface area contributed by atoms with Crippen LogP contribution in [0.25, 0.3) is 0 Å². The van der Waals surface area contributed by atoms with Crippen molar-refractivity contribution in [3.63, 3.8) is 0 Å². The highest BCUT2D eigenvalue weighted by atomic mass is 16.5. The number of rotatable bonds is 0. The topological polar surface area (TPSA) is 69.7 Å². The number of nitrogens with zero attached hydrogens (tertiary/aromatic N) is 2. The molecule has 5 nitrogen and oxygen atoms in total. The molecule has 0 amide bonds. The molecule has 0 fully saturated rings. The standard InChI is InChI=1S/C16H13N3O2/c17-15-6-8-20-10-16(19-15)11-3-1-2-4-13(11)21-14-9-18-7-5-12(14)16/h1-9H,10H2,(H2,17,19). The van der Waals surface area contributed by atoms with E-state index in [9.17, 15) is 0 Å². The van der Waals surface area contributed by atoms with Crippen molar-refractivity contribution in [1.82, 2.24) is 4.98 Å². The Morgan fingerprint density at radius 3 is 2.90 bits per heavy atom. The van der Waals surface area contributed by atoms with Gasteiger partial charge in [0, 0.05) is 23.4 Å². The van der Waals surface area contributed by atoms with Crippen LogP contribution >= 0.6 is 0 Å². The smallest absolute Gasteiger partial charge is 0.154 e. The highest BCUT2D eigenvalue weighted by Crippen LogP contribution is 2.49. The lowest BCUT2D eigenvalue weighted by molar-refractivity contribution is 0.187. The van der Waals surface area contributed by atoms with Crippen molar-refractivity contribution in [2.24, 2.45) is 10.7 Å². The van der Waals surface area contributed by atoms with Crippen molar-refractivity contribution < 1.29 is 9.47 Å². The number of benzene rings is 1. The Labute approximate surface area is 121 Å². The number of aliphatic imine (C=N–C) groups is 1. The highest BCUT2D eigenvalue weighted by Gasteiger charge is 2.43. The minimum Gasteiger partial charge on any atom is -0.498 e. The Bertz CT molecular complexity index is 722. The normalized spacial score (nSPS) is 22.4. The van der Waals surface area contributed by atoms with E-state index in [4.69, 9.17) is 20.2 Å². The molecule has 1 spiro atoms. The van der Waals surface area contributed by atoms with Crippen LogP contribution in [0, 0.1) is 0 Å². The number of pyridine rings is 1. The molecule has 0 radical (unpaired) electrons. The van der Waals surface area contributed by atoms with E-state index in [0.29, 0.717) is 18.2 Å². The van der Waals surface area contributed by atoms with E-state index in [1.165, 1.54) is 0 Å². The molecule has 5 heteroatoms. The molecule has 4 rings (SSSR count). The van der Waals surface area contributed by atoms with Crippen LogP contribution in [0.2, 0.25) is 0 Å². The predicted octanol–water partition coefficient (Wildman–Crippen LogP) is 2.33. The summed E-state index contributed by atoms with van der Waals surface area (Å²) in [5.74, 6) is 1.85. The number of para-hydroxylation sites is 1. The quantitative estimate of drug-likeness (QED) is 0.803. The van der Waals surface area contributed by atoms with Gasteiger partial charge in [0.15, 0.2) is 11.3 Å². The van der Waals surface area contributed by atoms with Gasteiger partial charge in [0.05, 0.1) is 12.5 Å². The Hall–Kier alpha value is -2.82. The number of amidine groups is 1. The molecule has 104 valence electrons. The molecule has 2 N–H and O–H groups in total. The third-order valence-electron chi connectivity index (χ3n) is 3.73. The molecule has 2 aromatic rings. The van der Waals surface area contributed by atoms with Gasteiger partial charge < -0.3 is 15.2 Å². The summed E-state index contributed by atoms with van der Waals surface area (Å²) in [6.45, 7) is 0.363. The van der Waals surface area contributed by atoms with Crippen LogP contribution in [0.1, 0.15) is 11.1 Å². The summed E-state index contributed by atoms with van der Waals surface area (Å²) in [5.41, 5.74) is 7.12. The first kappa shape index (κ1) is 12.0. The van der Waals surface area contributed by atoms with Gasteiger partial charge in [0.2, 0.25) is 0 Å². The van der Waals surface area contributed by atoms with E-state index in [0.717, 1.165) is 16.9 Å². The van der Waals surface area contributed by atoms with Crippen molar-refractivity contribution in [3.05, 3.63) is 66.2 Å². The van der Waals surface area contributed by atoms with Crippen molar-refractivity contribution in [2.75, 3.05) is 6.61 Å². The van der Waals surface area contributed by atoms with Gasteiger partial charge in [-0.05, 0) is 12.1 Å². The van der Waals surface area contributed by atoms with Gasteiger partial charge in [-0.3, -0.25) is 4.98 Å². The molecular formula is C16H13N3O2. The monoisotopic (exact) mass is 279 g/mol. The van der Waals surface area contributed by atoms with Gasteiger partial charge in [-0.1, -0.05) is 18.2 Å². The van der Waals surface area contributed by atoms with Crippen LogP contribution in [0.15, 0.2) is 60.1 Å². The summed E-state index contributed by atoms with van der Waals surface area (Å²) < 4.78 is 11.6. The zero-order valence-electron chi connectivity index (χ0n) is 11.2. The number of aromatic nitrogens is 1. The number of nitrogens with two attached hydrogens (primary N) is 1. The molecule has 0 saturated carbocycles. The van der Waals surface area contributed by atoms with Gasteiger partial charge in [-0.15, -0.1) is 0 Å². The molecule has 1 unspecified atom stereocenters. The van der Waals surface area contributed by atoms with Gasteiger partial charge in [-0.25, -0.2) is 4.99 Å². The minimum absolute atomic E-state index is 0.363. The van der Waals surface area contributed by atoms with Gasteiger partial charge in [0.1, 0.15) is 18.2 Å². The Kier molecular flexibility index (Phi) is 2.47. The second kappa shape index (κ2) is 4.34. The summed E-state index contributed by atoms with van der Waals surface area (Å²) in [6.07, 6.45) is 6.65. The molecule has 3 heterocycles. The molecule has 1 aromatic heterocycles. The zero-order valence-corrected chi connectivity index (χ0v) is 11.2. The third-order valence-corrected chi connectivity index (χ3v) is 3.73.